The second-order valence-corrected chi connectivity index (χ2v) is 7.41. The molecule has 1 amide bonds. The summed E-state index contributed by atoms with van der Waals surface area (Å²) < 4.78 is 2.97. The number of nitrogens with zero attached hydrogens (tertiary/aromatic N) is 5. The van der Waals surface area contributed by atoms with Gasteiger partial charge in [-0.05, 0) is 31.5 Å². The number of hydrogen-bond acceptors (Lipinski definition) is 4. The molecule has 0 bridgehead atoms. The molecule has 0 saturated heterocycles. The van der Waals surface area contributed by atoms with Crippen molar-refractivity contribution in [3.8, 4) is 5.69 Å². The number of para-hydroxylation sites is 1. The number of amides is 1. The van der Waals surface area contributed by atoms with Gasteiger partial charge < -0.3 is 4.90 Å². The minimum atomic E-state index is -0.279. The van der Waals surface area contributed by atoms with Gasteiger partial charge in [-0.2, -0.15) is 5.10 Å². The zero-order chi connectivity index (χ0) is 21.1. The Kier molecular flexibility index (Phi) is 5.43. The smallest absolute Gasteiger partial charge is 0.264 e. The average molecular weight is 401 g/mol. The van der Waals surface area contributed by atoms with Crippen molar-refractivity contribution in [2.45, 2.75) is 33.0 Å². The van der Waals surface area contributed by atoms with E-state index < -0.39 is 0 Å². The van der Waals surface area contributed by atoms with Crippen molar-refractivity contribution in [1.29, 1.82) is 0 Å². The van der Waals surface area contributed by atoms with E-state index in [9.17, 15) is 9.59 Å². The Bertz CT molecular complexity index is 1210. The van der Waals surface area contributed by atoms with Crippen LogP contribution in [0.3, 0.4) is 0 Å². The fraction of sp³-hybridized carbons (Fsp3) is 0.217. The van der Waals surface area contributed by atoms with Crippen molar-refractivity contribution < 1.29 is 4.79 Å². The zero-order valence-electron chi connectivity index (χ0n) is 17.0. The van der Waals surface area contributed by atoms with Crippen LogP contribution in [-0.4, -0.2) is 36.2 Å². The average Bonchev–Trinajstić information content (AvgIpc) is 3.20. The summed E-state index contributed by atoms with van der Waals surface area (Å²) in [5.74, 6) is -0.132. The Morgan fingerprint density at radius 2 is 1.70 bits per heavy atom. The van der Waals surface area contributed by atoms with E-state index in [2.05, 4.69) is 10.1 Å². The number of benzene rings is 2. The van der Waals surface area contributed by atoms with Crippen LogP contribution in [0.1, 0.15) is 19.4 Å². The summed E-state index contributed by atoms with van der Waals surface area (Å²) in [6, 6.07) is 19.3. The Labute approximate surface area is 174 Å². The van der Waals surface area contributed by atoms with Gasteiger partial charge in [0.1, 0.15) is 18.3 Å². The van der Waals surface area contributed by atoms with Crippen LogP contribution < -0.4 is 5.56 Å². The zero-order valence-corrected chi connectivity index (χ0v) is 17.0. The van der Waals surface area contributed by atoms with Crippen LogP contribution in [0.4, 0.5) is 0 Å². The van der Waals surface area contributed by atoms with Gasteiger partial charge in [-0.15, -0.1) is 0 Å². The molecule has 0 aliphatic carbocycles. The largest absolute Gasteiger partial charge is 0.334 e. The van der Waals surface area contributed by atoms with Crippen LogP contribution in [0.5, 0.6) is 0 Å². The molecule has 2 heterocycles. The first-order valence-corrected chi connectivity index (χ1v) is 9.86. The normalized spacial score (nSPS) is 11.2. The molecule has 152 valence electrons. The lowest BCUT2D eigenvalue weighted by molar-refractivity contribution is -0.134. The van der Waals surface area contributed by atoms with E-state index in [4.69, 9.17) is 0 Å². The summed E-state index contributed by atoms with van der Waals surface area (Å²) in [4.78, 5) is 32.1. The number of hydrogen-bond donors (Lipinski definition) is 0. The van der Waals surface area contributed by atoms with Crippen molar-refractivity contribution in [1.82, 2.24) is 24.2 Å². The molecule has 0 saturated carbocycles. The number of aromatic nitrogens is 4. The standard InChI is InChI=1S/C23H23N5O2/c1-17(2)27(14-18-9-5-3-6-10-18)21(29)15-26-16-24-22-20(23(26)30)13-25-28(22)19-11-7-4-8-12-19/h3-13,16-17H,14-15H2,1-2H3. The Morgan fingerprint density at radius 1 is 1.03 bits per heavy atom. The summed E-state index contributed by atoms with van der Waals surface area (Å²) in [6.45, 7) is 4.36. The second kappa shape index (κ2) is 8.32. The minimum absolute atomic E-state index is 0.00549. The number of rotatable bonds is 6. The molecular formula is C23H23N5O2. The quantitative estimate of drug-likeness (QED) is 0.498. The van der Waals surface area contributed by atoms with Gasteiger partial charge in [-0.1, -0.05) is 48.5 Å². The molecule has 0 spiro atoms. The van der Waals surface area contributed by atoms with E-state index in [0.29, 0.717) is 17.6 Å². The fourth-order valence-electron chi connectivity index (χ4n) is 3.39. The van der Waals surface area contributed by atoms with Crippen molar-refractivity contribution in [2.75, 3.05) is 0 Å². The maximum absolute atomic E-state index is 13.0. The molecule has 0 atom stereocenters. The fourth-order valence-corrected chi connectivity index (χ4v) is 3.39. The van der Waals surface area contributed by atoms with Gasteiger partial charge in [0.15, 0.2) is 5.65 Å². The molecule has 0 aliphatic rings. The molecule has 2 aromatic heterocycles. The van der Waals surface area contributed by atoms with Gasteiger partial charge in [0, 0.05) is 12.6 Å². The van der Waals surface area contributed by atoms with E-state index in [1.807, 2.05) is 74.5 Å². The molecule has 0 fully saturated rings. The SMILES string of the molecule is CC(C)N(Cc1ccccc1)C(=O)Cn1cnc2c(cnn2-c2ccccc2)c1=O. The summed E-state index contributed by atoms with van der Waals surface area (Å²) in [5.41, 5.74) is 2.06. The molecule has 0 radical (unpaired) electrons. The predicted octanol–water partition coefficient (Wildman–Crippen LogP) is 3.02. The van der Waals surface area contributed by atoms with E-state index in [1.165, 1.54) is 17.1 Å². The van der Waals surface area contributed by atoms with Gasteiger partial charge in [0.2, 0.25) is 5.91 Å². The molecule has 30 heavy (non-hydrogen) atoms. The van der Waals surface area contributed by atoms with E-state index in [1.54, 1.807) is 9.58 Å². The van der Waals surface area contributed by atoms with Crippen molar-refractivity contribution in [3.63, 3.8) is 0 Å². The van der Waals surface area contributed by atoms with E-state index >= 15 is 0 Å². The molecular weight excluding hydrogens is 378 g/mol. The number of fused-ring (bicyclic) bond motifs is 1. The lowest BCUT2D eigenvalue weighted by Crippen LogP contribution is -2.40. The third-order valence-electron chi connectivity index (χ3n) is 5.00. The van der Waals surface area contributed by atoms with E-state index in [-0.39, 0.29) is 24.1 Å². The maximum Gasteiger partial charge on any atom is 0.264 e. The monoisotopic (exact) mass is 401 g/mol. The first kappa shape index (κ1) is 19.6. The summed E-state index contributed by atoms with van der Waals surface area (Å²) in [6.07, 6.45) is 2.92. The summed E-state index contributed by atoms with van der Waals surface area (Å²) in [7, 11) is 0. The van der Waals surface area contributed by atoms with Crippen LogP contribution >= 0.6 is 0 Å². The van der Waals surface area contributed by atoms with Gasteiger partial charge in [-0.3, -0.25) is 14.2 Å². The molecule has 4 rings (SSSR count). The Morgan fingerprint density at radius 3 is 2.37 bits per heavy atom. The maximum atomic E-state index is 13.0. The Balaban J connectivity index is 1.61. The number of carbonyl (C=O) groups excluding carboxylic acids is 1. The summed E-state index contributed by atoms with van der Waals surface area (Å²) in [5, 5.41) is 4.69. The third-order valence-corrected chi connectivity index (χ3v) is 5.00. The molecule has 4 aromatic rings. The highest BCUT2D eigenvalue weighted by atomic mass is 16.2. The molecule has 7 heteroatoms. The highest BCUT2D eigenvalue weighted by Crippen LogP contribution is 2.14. The Hall–Kier alpha value is -3.74. The molecule has 0 unspecified atom stereocenters. The van der Waals surface area contributed by atoms with Gasteiger partial charge in [0.05, 0.1) is 11.9 Å². The molecule has 0 aliphatic heterocycles. The third kappa shape index (κ3) is 3.87. The van der Waals surface area contributed by atoms with Gasteiger partial charge in [0.25, 0.3) is 5.56 Å². The molecule has 2 aromatic carbocycles. The van der Waals surface area contributed by atoms with Gasteiger partial charge in [-0.25, -0.2) is 9.67 Å². The predicted molar refractivity (Wildman–Crippen MR) is 115 cm³/mol. The first-order chi connectivity index (χ1) is 14.5. The lowest BCUT2D eigenvalue weighted by atomic mass is 10.2. The second-order valence-electron chi connectivity index (χ2n) is 7.41. The van der Waals surface area contributed by atoms with Crippen molar-refractivity contribution >= 4 is 16.9 Å². The highest BCUT2D eigenvalue weighted by Gasteiger charge is 2.19. The topological polar surface area (TPSA) is 73.0 Å². The van der Waals surface area contributed by atoms with Crippen LogP contribution in [0.15, 0.2) is 78.0 Å². The highest BCUT2D eigenvalue weighted by molar-refractivity contribution is 5.78. The minimum Gasteiger partial charge on any atom is -0.334 e. The van der Waals surface area contributed by atoms with Crippen LogP contribution in [0.2, 0.25) is 0 Å². The van der Waals surface area contributed by atoms with Crippen LogP contribution in [0.25, 0.3) is 16.7 Å². The van der Waals surface area contributed by atoms with Crippen molar-refractivity contribution in [3.05, 3.63) is 89.1 Å². The lowest BCUT2D eigenvalue weighted by Gasteiger charge is -2.27. The molecule has 7 nitrogen and oxygen atoms in total. The van der Waals surface area contributed by atoms with Crippen molar-refractivity contribution in [2.24, 2.45) is 0 Å². The molecule has 0 N–H and O–H groups in total. The van der Waals surface area contributed by atoms with E-state index in [0.717, 1.165) is 11.3 Å². The van der Waals surface area contributed by atoms with Crippen LogP contribution in [-0.2, 0) is 17.9 Å². The summed E-state index contributed by atoms with van der Waals surface area (Å²) >= 11 is 0. The van der Waals surface area contributed by atoms with Crippen LogP contribution in [0, 0.1) is 0 Å². The van der Waals surface area contributed by atoms with Gasteiger partial charge >= 0.3 is 0 Å². The number of carbonyl (C=O) groups is 1. The first-order valence-electron chi connectivity index (χ1n) is 9.86.